The predicted octanol–water partition coefficient (Wildman–Crippen LogP) is 0.0797. The Kier molecular flexibility index (Phi) is 2.23. The Bertz CT molecular complexity index is 434. The van der Waals surface area contributed by atoms with Gasteiger partial charge in [-0.3, -0.25) is 0 Å². The molecule has 0 spiro atoms. The highest BCUT2D eigenvalue weighted by Crippen LogP contribution is 2.25. The van der Waals surface area contributed by atoms with Crippen molar-refractivity contribution in [3.63, 3.8) is 0 Å². The Morgan fingerprint density at radius 1 is 1.50 bits per heavy atom. The van der Waals surface area contributed by atoms with Gasteiger partial charge in [0.25, 0.3) is 0 Å². The molecule has 1 aromatic heterocycles. The van der Waals surface area contributed by atoms with Crippen LogP contribution >= 0.6 is 11.5 Å². The molecule has 0 atom stereocenters. The van der Waals surface area contributed by atoms with Crippen molar-refractivity contribution >= 4 is 26.5 Å². The molecule has 7 heteroatoms. The van der Waals surface area contributed by atoms with E-state index in [2.05, 4.69) is 9.36 Å². The highest BCUT2D eigenvalue weighted by molar-refractivity contribution is 7.91. The fourth-order valence-electron chi connectivity index (χ4n) is 1.28. The van der Waals surface area contributed by atoms with E-state index in [-0.39, 0.29) is 5.25 Å². The zero-order valence-electron chi connectivity index (χ0n) is 7.97. The molecule has 0 unspecified atom stereocenters. The molecule has 1 aliphatic rings. The average molecular weight is 233 g/mol. The summed E-state index contributed by atoms with van der Waals surface area (Å²) in [5.74, 6) is 0.743. The smallest absolute Gasteiger partial charge is 0.205 e. The number of aromatic nitrogens is 2. The lowest BCUT2D eigenvalue weighted by Gasteiger charge is -2.37. The highest BCUT2D eigenvalue weighted by atomic mass is 32.2. The highest BCUT2D eigenvalue weighted by Gasteiger charge is 2.35. The van der Waals surface area contributed by atoms with Gasteiger partial charge in [0.05, 0.1) is 5.25 Å². The SMILES string of the molecule is Cc1nsc(N2CC(S(C)(=O)=O)C2)n1. The summed E-state index contributed by atoms with van der Waals surface area (Å²) in [4.78, 5) is 6.13. The molecule has 0 aromatic carbocycles. The van der Waals surface area contributed by atoms with E-state index in [4.69, 9.17) is 0 Å². The van der Waals surface area contributed by atoms with Crippen LogP contribution in [0.5, 0.6) is 0 Å². The van der Waals surface area contributed by atoms with Gasteiger partial charge in [0, 0.05) is 30.9 Å². The van der Waals surface area contributed by atoms with Gasteiger partial charge in [0.2, 0.25) is 5.13 Å². The van der Waals surface area contributed by atoms with E-state index in [1.807, 2.05) is 11.8 Å². The van der Waals surface area contributed by atoms with E-state index >= 15 is 0 Å². The largest absolute Gasteiger partial charge is 0.344 e. The number of hydrogen-bond donors (Lipinski definition) is 0. The van der Waals surface area contributed by atoms with Crippen LogP contribution in [0.2, 0.25) is 0 Å². The molecule has 0 aliphatic carbocycles. The number of aryl methyl sites for hydroxylation is 1. The second kappa shape index (κ2) is 3.16. The van der Waals surface area contributed by atoms with Crippen LogP contribution in [0, 0.1) is 6.92 Å². The summed E-state index contributed by atoms with van der Waals surface area (Å²) in [6.45, 7) is 2.93. The van der Waals surface area contributed by atoms with Gasteiger partial charge in [-0.15, -0.1) is 0 Å². The summed E-state index contributed by atoms with van der Waals surface area (Å²) in [7, 11) is -2.89. The van der Waals surface area contributed by atoms with Crippen molar-refractivity contribution in [2.75, 3.05) is 24.2 Å². The summed E-state index contributed by atoms with van der Waals surface area (Å²) in [5, 5.41) is 0.592. The van der Waals surface area contributed by atoms with Crippen LogP contribution in [0.15, 0.2) is 0 Å². The second-order valence-electron chi connectivity index (χ2n) is 3.48. The zero-order valence-corrected chi connectivity index (χ0v) is 9.60. The zero-order chi connectivity index (χ0) is 10.3. The van der Waals surface area contributed by atoms with Crippen LogP contribution in [0.1, 0.15) is 5.82 Å². The Balaban J connectivity index is 2.02. The Labute approximate surface area is 86.9 Å². The van der Waals surface area contributed by atoms with Crippen LogP contribution in [0.3, 0.4) is 0 Å². The van der Waals surface area contributed by atoms with E-state index in [9.17, 15) is 8.42 Å². The van der Waals surface area contributed by atoms with Crippen LogP contribution in [-0.2, 0) is 9.84 Å². The van der Waals surface area contributed by atoms with Crippen molar-refractivity contribution < 1.29 is 8.42 Å². The summed E-state index contributed by atoms with van der Waals surface area (Å²) < 4.78 is 26.3. The number of hydrogen-bond acceptors (Lipinski definition) is 6. The third-order valence-corrected chi connectivity index (χ3v) is 4.62. The molecule has 1 saturated heterocycles. The molecule has 0 bridgehead atoms. The molecule has 0 amide bonds. The monoisotopic (exact) mass is 233 g/mol. The minimum Gasteiger partial charge on any atom is -0.344 e. The average Bonchev–Trinajstić information content (AvgIpc) is 2.28. The summed E-state index contributed by atoms with van der Waals surface area (Å²) in [6.07, 6.45) is 1.28. The Morgan fingerprint density at radius 3 is 2.57 bits per heavy atom. The quantitative estimate of drug-likeness (QED) is 0.724. The maximum Gasteiger partial charge on any atom is 0.205 e. The van der Waals surface area contributed by atoms with Crippen molar-refractivity contribution in [1.82, 2.24) is 9.36 Å². The topological polar surface area (TPSA) is 63.2 Å². The molecule has 2 heterocycles. The predicted molar refractivity (Wildman–Crippen MR) is 55.5 cm³/mol. The van der Waals surface area contributed by atoms with E-state index < -0.39 is 9.84 Å². The molecule has 1 aromatic rings. The van der Waals surface area contributed by atoms with Gasteiger partial charge < -0.3 is 4.90 Å². The molecular weight excluding hydrogens is 222 g/mol. The van der Waals surface area contributed by atoms with Crippen molar-refractivity contribution in [2.45, 2.75) is 12.2 Å². The fraction of sp³-hybridized carbons (Fsp3) is 0.714. The van der Waals surface area contributed by atoms with E-state index in [1.165, 1.54) is 17.8 Å². The van der Waals surface area contributed by atoms with Gasteiger partial charge in [-0.05, 0) is 6.92 Å². The lowest BCUT2D eigenvalue weighted by Crippen LogP contribution is -2.54. The van der Waals surface area contributed by atoms with Gasteiger partial charge in [-0.2, -0.15) is 4.37 Å². The Hall–Kier alpha value is -0.690. The van der Waals surface area contributed by atoms with Crippen molar-refractivity contribution in [2.24, 2.45) is 0 Å². The first-order valence-corrected chi connectivity index (χ1v) is 6.94. The first-order valence-electron chi connectivity index (χ1n) is 4.21. The van der Waals surface area contributed by atoms with Crippen LogP contribution < -0.4 is 4.90 Å². The van der Waals surface area contributed by atoms with E-state index in [0.717, 1.165) is 11.0 Å². The maximum absolute atomic E-state index is 11.1. The van der Waals surface area contributed by atoms with E-state index in [1.54, 1.807) is 0 Å². The van der Waals surface area contributed by atoms with Gasteiger partial charge >= 0.3 is 0 Å². The maximum atomic E-state index is 11.1. The van der Waals surface area contributed by atoms with Crippen LogP contribution in [-0.4, -0.2) is 42.4 Å². The van der Waals surface area contributed by atoms with Gasteiger partial charge in [0.15, 0.2) is 9.84 Å². The van der Waals surface area contributed by atoms with Crippen molar-refractivity contribution in [3.05, 3.63) is 5.82 Å². The van der Waals surface area contributed by atoms with Gasteiger partial charge in [0.1, 0.15) is 5.82 Å². The number of nitrogens with zero attached hydrogens (tertiary/aromatic N) is 3. The molecule has 14 heavy (non-hydrogen) atoms. The van der Waals surface area contributed by atoms with Crippen LogP contribution in [0.25, 0.3) is 0 Å². The normalized spacial score (nSPS) is 18.3. The van der Waals surface area contributed by atoms with Gasteiger partial charge in [-0.25, -0.2) is 13.4 Å². The third-order valence-electron chi connectivity index (χ3n) is 2.24. The van der Waals surface area contributed by atoms with Crippen molar-refractivity contribution in [3.8, 4) is 0 Å². The van der Waals surface area contributed by atoms with E-state index in [0.29, 0.717) is 13.1 Å². The third kappa shape index (κ3) is 1.74. The first-order chi connectivity index (χ1) is 6.47. The second-order valence-corrected chi connectivity index (χ2v) is 6.54. The molecule has 2 rings (SSSR count). The molecule has 78 valence electrons. The summed E-state index contributed by atoms with van der Waals surface area (Å²) >= 11 is 1.32. The standard InChI is InChI=1S/C7H11N3O2S2/c1-5-8-7(13-9-5)10-3-6(4-10)14(2,11)12/h6H,3-4H2,1-2H3. The lowest BCUT2D eigenvalue weighted by molar-refractivity contribution is 0.546. The number of anilines is 1. The molecule has 5 nitrogen and oxygen atoms in total. The summed E-state index contributed by atoms with van der Waals surface area (Å²) in [5.41, 5.74) is 0. The number of sulfone groups is 1. The molecular formula is C7H11N3O2S2. The molecule has 1 fully saturated rings. The van der Waals surface area contributed by atoms with Gasteiger partial charge in [-0.1, -0.05) is 0 Å². The van der Waals surface area contributed by atoms with Crippen molar-refractivity contribution in [1.29, 1.82) is 0 Å². The summed E-state index contributed by atoms with van der Waals surface area (Å²) in [6, 6.07) is 0. The molecule has 0 radical (unpaired) electrons. The fourth-order valence-corrected chi connectivity index (χ4v) is 2.87. The Morgan fingerprint density at radius 2 is 2.14 bits per heavy atom. The number of rotatable bonds is 2. The lowest BCUT2D eigenvalue weighted by atomic mass is 10.2. The minimum atomic E-state index is -2.89. The molecule has 0 N–H and O–H groups in total. The first kappa shape index (κ1) is 9.85. The molecule has 1 aliphatic heterocycles. The molecule has 0 saturated carbocycles. The minimum absolute atomic E-state index is 0.230. The van der Waals surface area contributed by atoms with Crippen LogP contribution in [0.4, 0.5) is 5.13 Å².